The average Bonchev–Trinajstić information content (AvgIpc) is 3.01. The first kappa shape index (κ1) is 19.9. The van der Waals surface area contributed by atoms with Gasteiger partial charge < -0.3 is 9.32 Å². The zero-order valence-electron chi connectivity index (χ0n) is 13.9. The molecular weight excluding hydrogens is 359 g/mol. The van der Waals surface area contributed by atoms with Gasteiger partial charge in [0.15, 0.2) is 11.7 Å². The lowest BCUT2D eigenvalue weighted by Crippen LogP contribution is -2.34. The lowest BCUT2D eigenvalue weighted by atomic mass is 10.2. The summed E-state index contributed by atoms with van der Waals surface area (Å²) in [5, 5.41) is 0. The molecule has 4 nitrogen and oxygen atoms in total. The van der Waals surface area contributed by atoms with Crippen LogP contribution in [0, 0.1) is 11.6 Å². The highest BCUT2D eigenvalue weighted by Gasteiger charge is 2.28. The molecule has 0 fully saturated rings. The van der Waals surface area contributed by atoms with E-state index in [-0.39, 0.29) is 36.6 Å². The van der Waals surface area contributed by atoms with E-state index in [4.69, 9.17) is 4.42 Å². The topological polar surface area (TPSA) is 46.3 Å². The molecule has 9 heteroatoms. The Hall–Kier alpha value is -2.45. The maximum atomic E-state index is 13.7. The molecular formula is C17H17F5N2O2. The van der Waals surface area contributed by atoms with E-state index in [0.717, 1.165) is 11.0 Å². The molecule has 0 bridgehead atoms. The zero-order valence-corrected chi connectivity index (χ0v) is 13.9. The number of hydrogen-bond acceptors (Lipinski definition) is 3. The maximum Gasteiger partial charge on any atom is 0.390 e. The number of aromatic nitrogens is 1. The zero-order chi connectivity index (χ0) is 19.3. The van der Waals surface area contributed by atoms with Crippen LogP contribution in [0.2, 0.25) is 0 Å². The van der Waals surface area contributed by atoms with E-state index in [1.807, 2.05) is 0 Å². The first-order valence-electron chi connectivity index (χ1n) is 7.94. The monoisotopic (exact) mass is 376 g/mol. The van der Waals surface area contributed by atoms with Crippen LogP contribution in [-0.4, -0.2) is 35.1 Å². The molecule has 0 spiro atoms. The van der Waals surface area contributed by atoms with Crippen molar-refractivity contribution in [2.24, 2.45) is 0 Å². The number of carbonyl (C=O) groups excluding carboxylic acids is 1. The summed E-state index contributed by atoms with van der Waals surface area (Å²) in [6.07, 6.45) is -4.18. The van der Waals surface area contributed by atoms with Crippen molar-refractivity contribution < 1.29 is 31.2 Å². The Balaban J connectivity index is 1.95. The van der Waals surface area contributed by atoms with Crippen LogP contribution >= 0.6 is 0 Å². The standard InChI is InChI=1S/C17H17F5N2O2/c1-2-24(8-7-17(20,21)22)16(25)6-5-15-23-10-14(26-15)12-4-3-11(18)9-13(12)19/h3-4,9-10H,2,5-8H2,1H3. The fourth-order valence-corrected chi connectivity index (χ4v) is 2.33. The molecule has 0 unspecified atom stereocenters. The largest absolute Gasteiger partial charge is 0.441 e. The SMILES string of the molecule is CCN(CCC(F)(F)F)C(=O)CCc1ncc(-c2ccc(F)cc2F)o1. The summed E-state index contributed by atoms with van der Waals surface area (Å²) in [7, 11) is 0. The fourth-order valence-electron chi connectivity index (χ4n) is 2.33. The quantitative estimate of drug-likeness (QED) is 0.675. The lowest BCUT2D eigenvalue weighted by molar-refractivity contribution is -0.145. The Morgan fingerprint density at radius 3 is 2.62 bits per heavy atom. The van der Waals surface area contributed by atoms with Crippen LogP contribution in [0.3, 0.4) is 0 Å². The highest BCUT2D eigenvalue weighted by Crippen LogP contribution is 2.25. The van der Waals surface area contributed by atoms with Gasteiger partial charge in [-0.05, 0) is 19.1 Å². The number of nitrogens with zero attached hydrogens (tertiary/aromatic N) is 2. The van der Waals surface area contributed by atoms with Gasteiger partial charge in [-0.1, -0.05) is 0 Å². The van der Waals surface area contributed by atoms with E-state index < -0.39 is 36.7 Å². The van der Waals surface area contributed by atoms with Gasteiger partial charge in [0.25, 0.3) is 0 Å². The van der Waals surface area contributed by atoms with Crippen molar-refractivity contribution in [2.75, 3.05) is 13.1 Å². The minimum atomic E-state index is -4.33. The van der Waals surface area contributed by atoms with Crippen molar-refractivity contribution in [3.05, 3.63) is 41.9 Å². The molecule has 0 aliphatic carbocycles. The normalized spacial score (nSPS) is 11.6. The minimum absolute atomic E-state index is 0.0249. The Kier molecular flexibility index (Phi) is 6.33. The van der Waals surface area contributed by atoms with Crippen molar-refractivity contribution in [2.45, 2.75) is 32.4 Å². The molecule has 0 saturated heterocycles. The average molecular weight is 376 g/mol. The van der Waals surface area contributed by atoms with Crippen LogP contribution in [0.15, 0.2) is 28.8 Å². The van der Waals surface area contributed by atoms with E-state index in [9.17, 15) is 26.7 Å². The van der Waals surface area contributed by atoms with Gasteiger partial charge >= 0.3 is 6.18 Å². The number of alkyl halides is 3. The first-order valence-corrected chi connectivity index (χ1v) is 7.94. The minimum Gasteiger partial charge on any atom is -0.441 e. The second-order valence-electron chi connectivity index (χ2n) is 5.58. The smallest absolute Gasteiger partial charge is 0.390 e. The number of hydrogen-bond donors (Lipinski definition) is 0. The van der Waals surface area contributed by atoms with Gasteiger partial charge in [0.2, 0.25) is 5.91 Å². The van der Waals surface area contributed by atoms with Crippen molar-refractivity contribution in [1.82, 2.24) is 9.88 Å². The summed E-state index contributed by atoms with van der Waals surface area (Å²) in [5.74, 6) is -1.77. The fraction of sp³-hybridized carbons (Fsp3) is 0.412. The number of oxazole rings is 1. The number of rotatable bonds is 7. The predicted octanol–water partition coefficient (Wildman–Crippen LogP) is 4.35. The molecule has 0 N–H and O–H groups in total. The van der Waals surface area contributed by atoms with E-state index in [1.165, 1.54) is 12.3 Å². The first-order chi connectivity index (χ1) is 12.2. The van der Waals surface area contributed by atoms with Crippen LogP contribution in [0.25, 0.3) is 11.3 Å². The molecule has 2 rings (SSSR count). The van der Waals surface area contributed by atoms with Gasteiger partial charge in [-0.2, -0.15) is 13.2 Å². The maximum absolute atomic E-state index is 13.7. The van der Waals surface area contributed by atoms with E-state index >= 15 is 0 Å². The van der Waals surface area contributed by atoms with Crippen molar-refractivity contribution in [1.29, 1.82) is 0 Å². The number of halogens is 5. The molecule has 2 aromatic rings. The number of benzene rings is 1. The molecule has 0 aliphatic rings. The predicted molar refractivity (Wildman–Crippen MR) is 83.1 cm³/mol. The third-order valence-electron chi connectivity index (χ3n) is 3.70. The van der Waals surface area contributed by atoms with Gasteiger partial charge in [0, 0.05) is 32.0 Å². The number of carbonyl (C=O) groups is 1. The Bertz CT molecular complexity index is 758. The highest BCUT2D eigenvalue weighted by atomic mass is 19.4. The molecule has 0 atom stereocenters. The summed E-state index contributed by atoms with van der Waals surface area (Å²) >= 11 is 0. The second kappa shape index (κ2) is 8.29. The van der Waals surface area contributed by atoms with E-state index in [1.54, 1.807) is 6.92 Å². The van der Waals surface area contributed by atoms with Crippen LogP contribution < -0.4 is 0 Å². The van der Waals surface area contributed by atoms with E-state index in [0.29, 0.717) is 6.07 Å². The summed E-state index contributed by atoms with van der Waals surface area (Å²) in [4.78, 5) is 17.0. The van der Waals surface area contributed by atoms with Crippen molar-refractivity contribution in [3.8, 4) is 11.3 Å². The summed E-state index contributed by atoms with van der Waals surface area (Å²) in [6, 6.07) is 2.99. The van der Waals surface area contributed by atoms with Gasteiger partial charge in [-0.15, -0.1) is 0 Å². The lowest BCUT2D eigenvalue weighted by Gasteiger charge is -2.21. The molecule has 142 valence electrons. The second-order valence-corrected chi connectivity index (χ2v) is 5.58. The van der Waals surface area contributed by atoms with Crippen molar-refractivity contribution in [3.63, 3.8) is 0 Å². The van der Waals surface area contributed by atoms with E-state index in [2.05, 4.69) is 4.98 Å². The third-order valence-corrected chi connectivity index (χ3v) is 3.70. The molecule has 1 heterocycles. The van der Waals surface area contributed by atoms with Crippen LogP contribution in [-0.2, 0) is 11.2 Å². The Labute approximate surface area is 146 Å². The summed E-state index contributed by atoms with van der Waals surface area (Å²) in [6.45, 7) is 1.35. The Morgan fingerprint density at radius 1 is 1.27 bits per heavy atom. The Morgan fingerprint density at radius 2 is 2.00 bits per heavy atom. The van der Waals surface area contributed by atoms with Crippen LogP contribution in [0.1, 0.15) is 25.7 Å². The molecule has 26 heavy (non-hydrogen) atoms. The highest BCUT2D eigenvalue weighted by molar-refractivity contribution is 5.76. The van der Waals surface area contributed by atoms with Crippen LogP contribution in [0.5, 0.6) is 0 Å². The summed E-state index contributed by atoms with van der Waals surface area (Å²) in [5.41, 5.74) is 0.0249. The number of amides is 1. The van der Waals surface area contributed by atoms with Crippen LogP contribution in [0.4, 0.5) is 22.0 Å². The molecule has 0 saturated carbocycles. The molecule has 1 aromatic heterocycles. The van der Waals surface area contributed by atoms with Crippen molar-refractivity contribution >= 4 is 5.91 Å². The third kappa shape index (κ3) is 5.53. The molecule has 1 aromatic carbocycles. The summed E-state index contributed by atoms with van der Waals surface area (Å²) < 4.78 is 68.8. The van der Waals surface area contributed by atoms with Gasteiger partial charge in [-0.3, -0.25) is 4.79 Å². The van der Waals surface area contributed by atoms with Gasteiger partial charge in [0.05, 0.1) is 18.2 Å². The molecule has 1 amide bonds. The van der Waals surface area contributed by atoms with Gasteiger partial charge in [0.1, 0.15) is 11.6 Å². The number of aryl methyl sites for hydroxylation is 1. The molecule has 0 radical (unpaired) electrons. The molecule has 0 aliphatic heterocycles. The van der Waals surface area contributed by atoms with Gasteiger partial charge in [-0.25, -0.2) is 13.8 Å².